The minimum Gasteiger partial charge on any atom is -0.205 e. The Hall–Kier alpha value is -1.10. The van der Waals surface area contributed by atoms with Crippen LogP contribution in [0.2, 0.25) is 0 Å². The van der Waals surface area contributed by atoms with Gasteiger partial charge in [0, 0.05) is 15.6 Å². The molecule has 2 aromatic carbocycles. The lowest BCUT2D eigenvalue weighted by Crippen LogP contribution is -1.97. The molecule has 0 atom stereocenters. The monoisotopic (exact) mass is 306 g/mol. The SMILES string of the molecule is FC(F)c1ccc2ccc(Br)cc2c1C(F)F. The molecular formula is C12H7BrF4. The number of hydrogen-bond donors (Lipinski definition) is 0. The van der Waals surface area contributed by atoms with Crippen LogP contribution in [-0.4, -0.2) is 0 Å². The minimum absolute atomic E-state index is 0.159. The van der Waals surface area contributed by atoms with E-state index in [0.717, 1.165) is 6.07 Å². The summed E-state index contributed by atoms with van der Waals surface area (Å²) < 4.78 is 51.7. The molecule has 0 aliphatic heterocycles. The molecule has 5 heteroatoms. The molecule has 0 amide bonds. The molecule has 0 unspecified atom stereocenters. The molecule has 2 aromatic rings. The van der Waals surface area contributed by atoms with E-state index in [4.69, 9.17) is 0 Å². The van der Waals surface area contributed by atoms with Crippen LogP contribution < -0.4 is 0 Å². The topological polar surface area (TPSA) is 0 Å². The van der Waals surface area contributed by atoms with Crippen LogP contribution in [-0.2, 0) is 0 Å². The lowest BCUT2D eigenvalue weighted by Gasteiger charge is -2.12. The maximum absolute atomic E-state index is 12.9. The fourth-order valence-corrected chi connectivity index (χ4v) is 2.13. The van der Waals surface area contributed by atoms with E-state index in [9.17, 15) is 17.6 Å². The number of fused-ring (bicyclic) bond motifs is 1. The van der Waals surface area contributed by atoms with Crippen LogP contribution in [0.1, 0.15) is 24.0 Å². The van der Waals surface area contributed by atoms with Crippen molar-refractivity contribution >= 4 is 26.7 Å². The molecule has 0 bridgehead atoms. The van der Waals surface area contributed by atoms with Gasteiger partial charge in [0.05, 0.1) is 0 Å². The van der Waals surface area contributed by atoms with Gasteiger partial charge in [-0.1, -0.05) is 34.1 Å². The molecule has 0 heterocycles. The summed E-state index contributed by atoms with van der Waals surface area (Å²) in [6.45, 7) is 0. The first-order valence-electron chi connectivity index (χ1n) is 4.79. The van der Waals surface area contributed by atoms with E-state index in [0.29, 0.717) is 9.86 Å². The van der Waals surface area contributed by atoms with Gasteiger partial charge in [0.15, 0.2) is 0 Å². The normalized spacial score (nSPS) is 11.7. The van der Waals surface area contributed by atoms with Gasteiger partial charge in [-0.15, -0.1) is 0 Å². The van der Waals surface area contributed by atoms with Crippen LogP contribution in [0.5, 0.6) is 0 Å². The Kier molecular flexibility index (Phi) is 3.38. The van der Waals surface area contributed by atoms with Crippen LogP contribution in [0.3, 0.4) is 0 Å². The summed E-state index contributed by atoms with van der Waals surface area (Å²) in [6, 6.07) is 7.21. The molecule has 0 fully saturated rings. The van der Waals surface area contributed by atoms with Gasteiger partial charge in [0.25, 0.3) is 12.9 Å². The molecule has 90 valence electrons. The van der Waals surface area contributed by atoms with Crippen molar-refractivity contribution in [2.75, 3.05) is 0 Å². The van der Waals surface area contributed by atoms with Crippen molar-refractivity contribution in [2.24, 2.45) is 0 Å². The Bertz CT molecular complexity index is 551. The first-order chi connectivity index (χ1) is 8.00. The number of alkyl halides is 4. The van der Waals surface area contributed by atoms with Crippen molar-refractivity contribution in [2.45, 2.75) is 12.9 Å². The second-order valence-electron chi connectivity index (χ2n) is 3.54. The number of rotatable bonds is 2. The van der Waals surface area contributed by atoms with E-state index in [-0.39, 0.29) is 5.39 Å². The summed E-state index contributed by atoms with van der Waals surface area (Å²) in [4.78, 5) is 0. The summed E-state index contributed by atoms with van der Waals surface area (Å²) in [6.07, 6.45) is -5.82. The molecule has 0 saturated heterocycles. The van der Waals surface area contributed by atoms with Crippen LogP contribution in [0.4, 0.5) is 17.6 Å². The van der Waals surface area contributed by atoms with Gasteiger partial charge >= 0.3 is 0 Å². The Morgan fingerprint density at radius 2 is 1.53 bits per heavy atom. The van der Waals surface area contributed by atoms with E-state index >= 15 is 0 Å². The summed E-state index contributed by atoms with van der Waals surface area (Å²) >= 11 is 3.14. The lowest BCUT2D eigenvalue weighted by atomic mass is 9.99. The van der Waals surface area contributed by atoms with Crippen molar-refractivity contribution in [3.05, 3.63) is 45.9 Å². The van der Waals surface area contributed by atoms with Gasteiger partial charge in [0.1, 0.15) is 0 Å². The van der Waals surface area contributed by atoms with E-state index < -0.39 is 24.0 Å². The van der Waals surface area contributed by atoms with Crippen LogP contribution in [0.15, 0.2) is 34.8 Å². The highest BCUT2D eigenvalue weighted by atomic mass is 79.9. The standard InChI is InChI=1S/C12H7BrF4/c13-7-3-1-6-2-4-8(11(14)15)10(12(16)17)9(6)5-7/h1-5,11-12H. The highest BCUT2D eigenvalue weighted by Crippen LogP contribution is 2.36. The summed E-state index contributed by atoms with van der Waals surface area (Å²) in [5.74, 6) is 0. The quantitative estimate of drug-likeness (QED) is 0.645. The fourth-order valence-electron chi connectivity index (χ4n) is 1.77. The first kappa shape index (κ1) is 12.4. The zero-order valence-electron chi connectivity index (χ0n) is 8.43. The zero-order chi connectivity index (χ0) is 12.6. The van der Waals surface area contributed by atoms with E-state index in [1.165, 1.54) is 12.1 Å². The van der Waals surface area contributed by atoms with Gasteiger partial charge in [0.2, 0.25) is 0 Å². The van der Waals surface area contributed by atoms with Crippen molar-refractivity contribution in [1.82, 2.24) is 0 Å². The van der Waals surface area contributed by atoms with Gasteiger partial charge in [-0.05, 0) is 22.9 Å². The Labute approximate surface area is 103 Å². The average molecular weight is 307 g/mol. The van der Waals surface area contributed by atoms with Gasteiger partial charge < -0.3 is 0 Å². The zero-order valence-corrected chi connectivity index (χ0v) is 10.0. The Balaban J connectivity index is 2.82. The van der Waals surface area contributed by atoms with E-state index in [1.807, 2.05) is 0 Å². The van der Waals surface area contributed by atoms with Crippen molar-refractivity contribution < 1.29 is 17.6 Å². The van der Waals surface area contributed by atoms with Crippen molar-refractivity contribution in [3.8, 4) is 0 Å². The highest BCUT2D eigenvalue weighted by molar-refractivity contribution is 9.10. The fraction of sp³-hybridized carbons (Fsp3) is 0.167. The molecule has 0 aliphatic carbocycles. The Morgan fingerprint density at radius 3 is 2.12 bits per heavy atom. The van der Waals surface area contributed by atoms with Gasteiger partial charge in [-0.2, -0.15) is 0 Å². The van der Waals surface area contributed by atoms with Gasteiger partial charge in [-0.3, -0.25) is 0 Å². The van der Waals surface area contributed by atoms with E-state index in [1.54, 1.807) is 12.1 Å². The summed E-state index contributed by atoms with van der Waals surface area (Å²) in [7, 11) is 0. The third kappa shape index (κ3) is 2.29. The van der Waals surface area contributed by atoms with Crippen molar-refractivity contribution in [1.29, 1.82) is 0 Å². The molecule has 0 N–H and O–H groups in total. The van der Waals surface area contributed by atoms with Crippen LogP contribution in [0, 0.1) is 0 Å². The predicted molar refractivity (Wildman–Crippen MR) is 61.6 cm³/mol. The minimum atomic E-state index is -2.92. The molecule has 0 nitrogen and oxygen atoms in total. The predicted octanol–water partition coefficient (Wildman–Crippen LogP) is 5.48. The van der Waals surface area contributed by atoms with E-state index in [2.05, 4.69) is 15.9 Å². The second-order valence-corrected chi connectivity index (χ2v) is 4.45. The molecular weight excluding hydrogens is 300 g/mol. The first-order valence-corrected chi connectivity index (χ1v) is 5.58. The van der Waals surface area contributed by atoms with Crippen molar-refractivity contribution in [3.63, 3.8) is 0 Å². The maximum atomic E-state index is 12.9. The van der Waals surface area contributed by atoms with Crippen LogP contribution in [0.25, 0.3) is 10.8 Å². The molecule has 0 aromatic heterocycles. The molecule has 17 heavy (non-hydrogen) atoms. The summed E-state index contributed by atoms with van der Waals surface area (Å²) in [5.41, 5.74) is -1.19. The largest absolute Gasteiger partial charge is 0.264 e. The Morgan fingerprint density at radius 1 is 0.882 bits per heavy atom. The molecule has 0 saturated carbocycles. The van der Waals surface area contributed by atoms with Crippen LogP contribution >= 0.6 is 15.9 Å². The molecule has 2 rings (SSSR count). The summed E-state index contributed by atoms with van der Waals surface area (Å²) in [5, 5.41) is 0.681. The highest BCUT2D eigenvalue weighted by Gasteiger charge is 2.22. The smallest absolute Gasteiger partial charge is 0.205 e. The number of halogens is 5. The number of benzene rings is 2. The maximum Gasteiger partial charge on any atom is 0.264 e. The third-order valence-corrected chi connectivity index (χ3v) is 3.01. The third-order valence-electron chi connectivity index (χ3n) is 2.51. The molecule has 0 aliphatic rings. The molecule has 0 radical (unpaired) electrons. The molecule has 0 spiro atoms. The van der Waals surface area contributed by atoms with Gasteiger partial charge in [-0.25, -0.2) is 17.6 Å². The average Bonchev–Trinajstić information content (AvgIpc) is 2.26. The second kappa shape index (κ2) is 4.64. The lowest BCUT2D eigenvalue weighted by molar-refractivity contribution is 0.126. The number of hydrogen-bond acceptors (Lipinski definition) is 0.